The van der Waals surface area contributed by atoms with Crippen molar-refractivity contribution in [3.63, 3.8) is 0 Å². The highest BCUT2D eigenvalue weighted by atomic mass is 31.2. The van der Waals surface area contributed by atoms with E-state index in [-0.39, 0.29) is 17.2 Å². The number of nitrogens with one attached hydrogen (secondary N) is 1. The zero-order valence-corrected chi connectivity index (χ0v) is 21.3. The van der Waals surface area contributed by atoms with E-state index in [1.54, 1.807) is 32.4 Å². The summed E-state index contributed by atoms with van der Waals surface area (Å²) in [5.74, 6) is -2.11. The van der Waals surface area contributed by atoms with Gasteiger partial charge in [0.25, 0.3) is 0 Å². The van der Waals surface area contributed by atoms with Crippen LogP contribution in [0.25, 0.3) is 22.3 Å². The van der Waals surface area contributed by atoms with Gasteiger partial charge in [0.2, 0.25) is 0 Å². The number of fused-ring (bicyclic) bond motifs is 1. The van der Waals surface area contributed by atoms with Crippen molar-refractivity contribution in [2.75, 3.05) is 18.6 Å². The maximum atomic E-state index is 15.2. The maximum Gasteiger partial charge on any atom is 0.164 e. The van der Waals surface area contributed by atoms with Crippen LogP contribution in [0.4, 0.5) is 18.9 Å². The number of benzene rings is 1. The molecule has 1 N–H and O–H groups in total. The van der Waals surface area contributed by atoms with Gasteiger partial charge >= 0.3 is 0 Å². The van der Waals surface area contributed by atoms with Gasteiger partial charge in [-0.3, -0.25) is 9.97 Å². The monoisotopic (exact) mass is 510 g/mol. The van der Waals surface area contributed by atoms with E-state index in [4.69, 9.17) is 0 Å². The van der Waals surface area contributed by atoms with Crippen LogP contribution in [0.2, 0.25) is 0 Å². The third-order valence-electron chi connectivity index (χ3n) is 6.51. The van der Waals surface area contributed by atoms with E-state index >= 15 is 4.39 Å². The van der Waals surface area contributed by atoms with E-state index in [2.05, 4.69) is 20.3 Å². The largest absolute Gasteiger partial charge is 0.376 e. The van der Waals surface area contributed by atoms with Crippen LogP contribution in [0, 0.1) is 24.4 Å². The topological polar surface area (TPSA) is 67.8 Å². The van der Waals surface area contributed by atoms with Crippen molar-refractivity contribution in [2.45, 2.75) is 38.6 Å². The Morgan fingerprint density at radius 1 is 1.06 bits per heavy atom. The number of nitrogens with zero attached hydrogens (tertiary/aromatic N) is 3. The fraction of sp³-hybridized carbons (Fsp3) is 0.296. The lowest BCUT2D eigenvalue weighted by Gasteiger charge is -2.22. The first-order chi connectivity index (χ1) is 17.0. The molecular formula is C27H26F3N4OP. The van der Waals surface area contributed by atoms with Gasteiger partial charge in [-0.05, 0) is 64.1 Å². The second kappa shape index (κ2) is 9.00. The SMILES string of the molecule is Cc1nc2cc(F)c(-c3ccc(P(C)(C)=O)nc3)nc2c(NC(C)c2cccc(F)c2F)c1C1CC1. The van der Waals surface area contributed by atoms with Crippen LogP contribution in [0.1, 0.15) is 48.5 Å². The average Bonchev–Trinajstić information content (AvgIpc) is 3.65. The zero-order chi connectivity index (χ0) is 25.8. The third-order valence-corrected chi connectivity index (χ3v) is 7.88. The summed E-state index contributed by atoms with van der Waals surface area (Å²) in [5.41, 5.74) is 4.34. The van der Waals surface area contributed by atoms with Crippen LogP contribution in [0.15, 0.2) is 42.6 Å². The summed E-state index contributed by atoms with van der Waals surface area (Å²) in [6.07, 6.45) is 3.44. The number of halogens is 3. The molecule has 3 heterocycles. The molecular weight excluding hydrogens is 484 g/mol. The van der Waals surface area contributed by atoms with E-state index in [1.165, 1.54) is 24.4 Å². The quantitative estimate of drug-likeness (QED) is 0.292. The molecule has 186 valence electrons. The molecule has 4 aromatic rings. The Labute approximate surface area is 207 Å². The number of hydrogen-bond acceptors (Lipinski definition) is 5. The lowest BCUT2D eigenvalue weighted by Crippen LogP contribution is -2.13. The summed E-state index contributed by atoms with van der Waals surface area (Å²) in [7, 11) is -2.56. The minimum absolute atomic E-state index is 0.0867. The van der Waals surface area contributed by atoms with Crippen LogP contribution in [0.3, 0.4) is 0 Å². The van der Waals surface area contributed by atoms with Crippen molar-refractivity contribution in [3.8, 4) is 11.3 Å². The molecule has 9 heteroatoms. The van der Waals surface area contributed by atoms with E-state index < -0.39 is 30.6 Å². The van der Waals surface area contributed by atoms with Gasteiger partial charge < -0.3 is 9.88 Å². The van der Waals surface area contributed by atoms with Crippen molar-refractivity contribution in [3.05, 3.63) is 76.9 Å². The normalized spacial score (nSPS) is 14.8. The minimum Gasteiger partial charge on any atom is -0.376 e. The van der Waals surface area contributed by atoms with Crippen LogP contribution < -0.4 is 10.8 Å². The molecule has 1 aliphatic rings. The molecule has 1 aromatic carbocycles. The Kier molecular flexibility index (Phi) is 6.11. The van der Waals surface area contributed by atoms with Crippen molar-refractivity contribution in [1.29, 1.82) is 0 Å². The lowest BCUT2D eigenvalue weighted by molar-refractivity contribution is 0.494. The summed E-state index contributed by atoms with van der Waals surface area (Å²) >= 11 is 0. The van der Waals surface area contributed by atoms with Gasteiger partial charge in [-0.2, -0.15) is 0 Å². The molecule has 1 aliphatic carbocycles. The molecule has 1 unspecified atom stereocenters. The fourth-order valence-electron chi connectivity index (χ4n) is 4.51. The molecule has 5 nitrogen and oxygen atoms in total. The van der Waals surface area contributed by atoms with E-state index in [1.807, 2.05) is 6.92 Å². The molecule has 1 atom stereocenters. The second-order valence-corrected chi connectivity index (χ2v) is 12.9. The highest BCUT2D eigenvalue weighted by molar-refractivity contribution is 7.69. The third kappa shape index (κ3) is 4.50. The lowest BCUT2D eigenvalue weighted by atomic mass is 10.0. The standard InChI is InChI=1S/C27H26F3N4OP/c1-14(18-6-5-7-19(28)24(18)30)33-27-23(16-8-9-16)15(2)32-21-12-20(29)25(34-26(21)27)17-10-11-22(31-13-17)36(3,4)35/h5-7,10-14,16H,8-9H2,1-4H3,(H,32,33). The van der Waals surface area contributed by atoms with Gasteiger partial charge in [0.1, 0.15) is 18.4 Å². The van der Waals surface area contributed by atoms with Crippen LogP contribution in [0.5, 0.6) is 0 Å². The van der Waals surface area contributed by atoms with Gasteiger partial charge in [0, 0.05) is 34.6 Å². The molecule has 0 bridgehead atoms. The molecule has 0 aliphatic heterocycles. The van der Waals surface area contributed by atoms with Crippen molar-refractivity contribution in [1.82, 2.24) is 15.0 Å². The molecule has 0 radical (unpaired) electrons. The van der Waals surface area contributed by atoms with Crippen LogP contribution in [-0.2, 0) is 4.57 Å². The van der Waals surface area contributed by atoms with Gasteiger partial charge in [-0.25, -0.2) is 18.2 Å². The number of rotatable bonds is 6. The Morgan fingerprint density at radius 3 is 2.44 bits per heavy atom. The van der Waals surface area contributed by atoms with Crippen molar-refractivity contribution < 1.29 is 17.7 Å². The molecule has 0 amide bonds. The summed E-state index contributed by atoms with van der Waals surface area (Å²) in [6.45, 7) is 6.86. The van der Waals surface area contributed by atoms with Gasteiger partial charge in [-0.1, -0.05) is 12.1 Å². The van der Waals surface area contributed by atoms with Crippen molar-refractivity contribution in [2.24, 2.45) is 0 Å². The molecule has 0 spiro atoms. The smallest absolute Gasteiger partial charge is 0.164 e. The Balaban J connectivity index is 1.66. The zero-order valence-electron chi connectivity index (χ0n) is 20.4. The summed E-state index contributed by atoms with van der Waals surface area (Å²) in [4.78, 5) is 13.5. The fourth-order valence-corrected chi connectivity index (χ4v) is 5.28. The summed E-state index contributed by atoms with van der Waals surface area (Å²) in [5, 5.41) is 3.34. The number of anilines is 1. The predicted molar refractivity (Wildman–Crippen MR) is 137 cm³/mol. The first-order valence-electron chi connectivity index (χ1n) is 11.8. The van der Waals surface area contributed by atoms with Crippen molar-refractivity contribution >= 4 is 29.3 Å². The molecule has 1 fully saturated rings. The molecule has 0 saturated heterocycles. The van der Waals surface area contributed by atoms with Crippen LogP contribution in [-0.4, -0.2) is 28.3 Å². The Bertz CT molecular complexity index is 1530. The predicted octanol–water partition coefficient (Wildman–Crippen LogP) is 6.72. The highest BCUT2D eigenvalue weighted by Crippen LogP contribution is 2.47. The molecule has 5 rings (SSSR count). The number of hydrogen-bond donors (Lipinski definition) is 1. The van der Waals surface area contributed by atoms with E-state index in [9.17, 15) is 13.3 Å². The first-order valence-corrected chi connectivity index (χ1v) is 14.4. The Hall–Kier alpha value is -3.25. The average molecular weight is 511 g/mol. The second-order valence-electron chi connectivity index (χ2n) is 9.71. The number of aromatic nitrogens is 3. The highest BCUT2D eigenvalue weighted by Gasteiger charge is 2.31. The molecule has 36 heavy (non-hydrogen) atoms. The first kappa shape index (κ1) is 24.4. The maximum absolute atomic E-state index is 15.2. The summed E-state index contributed by atoms with van der Waals surface area (Å²) in [6, 6.07) is 8.12. The van der Waals surface area contributed by atoms with Gasteiger partial charge in [-0.15, -0.1) is 0 Å². The molecule has 3 aromatic heterocycles. The molecule has 1 saturated carbocycles. The summed E-state index contributed by atoms with van der Waals surface area (Å²) < 4.78 is 56.0. The Morgan fingerprint density at radius 2 is 1.81 bits per heavy atom. The van der Waals surface area contributed by atoms with E-state index in [0.29, 0.717) is 27.7 Å². The van der Waals surface area contributed by atoms with E-state index in [0.717, 1.165) is 30.2 Å². The number of pyridine rings is 3. The van der Waals surface area contributed by atoms with Gasteiger partial charge in [0.15, 0.2) is 17.5 Å². The van der Waals surface area contributed by atoms with Crippen LogP contribution >= 0.6 is 7.14 Å². The van der Waals surface area contributed by atoms with Gasteiger partial charge in [0.05, 0.1) is 22.7 Å². The minimum atomic E-state index is -2.56. The number of aryl methyl sites for hydroxylation is 1.